The fraction of sp³-hybridized carbons (Fsp3) is 0.316. The molecule has 3 N–H and O–H groups in total. The zero-order valence-electron chi connectivity index (χ0n) is 16.0. The van der Waals surface area contributed by atoms with Crippen molar-refractivity contribution in [1.29, 1.82) is 0 Å². The summed E-state index contributed by atoms with van der Waals surface area (Å²) in [7, 11) is 2.62. The van der Waals surface area contributed by atoms with Crippen LogP contribution in [0.4, 0.5) is 5.69 Å². The van der Waals surface area contributed by atoms with E-state index in [1.165, 1.54) is 21.1 Å². The van der Waals surface area contributed by atoms with Crippen molar-refractivity contribution in [3.8, 4) is 0 Å². The molecule has 154 valence electrons. The van der Waals surface area contributed by atoms with Crippen LogP contribution in [-0.4, -0.2) is 45.3 Å². The molecule has 0 aromatic heterocycles. The lowest BCUT2D eigenvalue weighted by Crippen LogP contribution is -2.48. The number of carbonyl (C=O) groups is 3. The van der Waals surface area contributed by atoms with Crippen LogP contribution in [-0.2, 0) is 38.7 Å². The Labute approximate surface area is 174 Å². The van der Waals surface area contributed by atoms with Crippen molar-refractivity contribution in [2.75, 3.05) is 32.8 Å². The summed E-state index contributed by atoms with van der Waals surface area (Å²) in [6.07, 6.45) is 0. The normalized spacial score (nSPS) is 20.3. The van der Waals surface area contributed by atoms with Crippen LogP contribution in [0.5, 0.6) is 0 Å². The van der Waals surface area contributed by atoms with E-state index in [-0.39, 0.29) is 36.0 Å². The van der Waals surface area contributed by atoms with E-state index in [1.807, 2.05) is 0 Å². The first-order chi connectivity index (χ1) is 13.8. The maximum atomic E-state index is 13.3. The van der Waals surface area contributed by atoms with Crippen LogP contribution in [0, 0.1) is 0 Å². The van der Waals surface area contributed by atoms with Gasteiger partial charge in [-0.15, -0.1) is 0 Å². The zero-order chi connectivity index (χ0) is 21.3. The van der Waals surface area contributed by atoms with Crippen molar-refractivity contribution in [1.82, 2.24) is 0 Å². The average Bonchev–Trinajstić information content (AvgIpc) is 2.93. The standard InChI is InChI=1S/C19H19BrN2O7/c1-9-13(16(23)27-3)19(11-8-10(20)4-5-12(11)22-18(19)25)14(15(21)29-9)17(24)28-7-6-26-2/h4-5,8H,6-7,21H2,1-3H3,(H,22,25). The molecule has 1 aromatic rings. The molecule has 0 radical (unpaired) electrons. The van der Waals surface area contributed by atoms with Gasteiger partial charge >= 0.3 is 11.9 Å². The van der Waals surface area contributed by atoms with E-state index in [2.05, 4.69) is 21.2 Å². The van der Waals surface area contributed by atoms with Crippen LogP contribution in [0.3, 0.4) is 0 Å². The number of esters is 2. The second kappa shape index (κ2) is 7.88. The summed E-state index contributed by atoms with van der Waals surface area (Å²) in [5.74, 6) is -2.67. The summed E-state index contributed by atoms with van der Waals surface area (Å²) in [6, 6.07) is 5.00. The number of rotatable bonds is 5. The summed E-state index contributed by atoms with van der Waals surface area (Å²) < 4.78 is 21.1. The summed E-state index contributed by atoms with van der Waals surface area (Å²) in [4.78, 5) is 39.1. The topological polar surface area (TPSA) is 126 Å². The van der Waals surface area contributed by atoms with Gasteiger partial charge in [0, 0.05) is 22.8 Å². The van der Waals surface area contributed by atoms with Crippen LogP contribution in [0.2, 0.25) is 0 Å². The van der Waals surface area contributed by atoms with Crippen molar-refractivity contribution in [3.63, 3.8) is 0 Å². The number of nitrogens with two attached hydrogens (primary N) is 1. The maximum absolute atomic E-state index is 13.3. The molecule has 1 unspecified atom stereocenters. The third kappa shape index (κ3) is 3.18. The fourth-order valence-corrected chi connectivity index (χ4v) is 3.91. The Kier molecular flexibility index (Phi) is 5.67. The third-order valence-electron chi connectivity index (χ3n) is 4.70. The molecule has 0 saturated heterocycles. The van der Waals surface area contributed by atoms with E-state index in [4.69, 9.17) is 24.7 Å². The minimum absolute atomic E-state index is 0.0470. The molecule has 0 fully saturated rings. The summed E-state index contributed by atoms with van der Waals surface area (Å²) in [5.41, 5.74) is 4.47. The number of hydrogen-bond acceptors (Lipinski definition) is 8. The molecule has 2 heterocycles. The van der Waals surface area contributed by atoms with Gasteiger partial charge in [-0.2, -0.15) is 0 Å². The molecule has 1 aromatic carbocycles. The number of benzene rings is 1. The molecule has 0 aliphatic carbocycles. The molecule has 1 spiro atoms. The minimum atomic E-state index is -1.89. The number of fused-ring (bicyclic) bond motifs is 2. The molecule has 2 aliphatic heterocycles. The van der Waals surface area contributed by atoms with Gasteiger partial charge in [-0.1, -0.05) is 15.9 Å². The van der Waals surface area contributed by atoms with Gasteiger partial charge in [0.05, 0.1) is 13.7 Å². The van der Waals surface area contributed by atoms with E-state index in [1.54, 1.807) is 18.2 Å². The van der Waals surface area contributed by atoms with Gasteiger partial charge in [-0.05, 0) is 25.1 Å². The van der Waals surface area contributed by atoms with Gasteiger partial charge in [-0.25, -0.2) is 9.59 Å². The fourth-order valence-electron chi connectivity index (χ4n) is 3.55. The Bertz CT molecular complexity index is 969. The van der Waals surface area contributed by atoms with E-state index in [0.29, 0.717) is 15.7 Å². The maximum Gasteiger partial charge on any atom is 0.341 e. The van der Waals surface area contributed by atoms with Crippen LogP contribution < -0.4 is 11.1 Å². The third-order valence-corrected chi connectivity index (χ3v) is 5.19. The molecule has 0 bridgehead atoms. The highest BCUT2D eigenvalue weighted by Gasteiger charge is 2.61. The summed E-state index contributed by atoms with van der Waals surface area (Å²) >= 11 is 3.36. The molecule has 10 heteroatoms. The molecular formula is C19H19BrN2O7. The Morgan fingerprint density at radius 2 is 1.93 bits per heavy atom. The van der Waals surface area contributed by atoms with Gasteiger partial charge < -0.3 is 30.0 Å². The van der Waals surface area contributed by atoms with Crippen molar-refractivity contribution in [2.24, 2.45) is 5.73 Å². The summed E-state index contributed by atoms with van der Waals surface area (Å²) in [6.45, 7) is 1.53. The number of anilines is 1. The number of hydrogen-bond donors (Lipinski definition) is 2. The molecule has 29 heavy (non-hydrogen) atoms. The lowest BCUT2D eigenvalue weighted by molar-refractivity contribution is -0.143. The smallest absolute Gasteiger partial charge is 0.341 e. The summed E-state index contributed by atoms with van der Waals surface area (Å²) in [5, 5.41) is 2.71. The molecule has 9 nitrogen and oxygen atoms in total. The Balaban J connectivity index is 2.30. The van der Waals surface area contributed by atoms with Crippen LogP contribution >= 0.6 is 15.9 Å². The van der Waals surface area contributed by atoms with Crippen molar-refractivity contribution in [2.45, 2.75) is 12.3 Å². The van der Waals surface area contributed by atoms with Crippen molar-refractivity contribution >= 4 is 39.5 Å². The Morgan fingerprint density at radius 3 is 2.59 bits per heavy atom. The second-order valence-electron chi connectivity index (χ2n) is 6.29. The average molecular weight is 467 g/mol. The zero-order valence-corrected chi connectivity index (χ0v) is 17.5. The number of amides is 1. The van der Waals surface area contributed by atoms with Gasteiger partial charge in [0.15, 0.2) is 0 Å². The lowest BCUT2D eigenvalue weighted by Gasteiger charge is -2.35. The predicted octanol–water partition coefficient (Wildman–Crippen LogP) is 1.48. The molecular weight excluding hydrogens is 448 g/mol. The number of methoxy groups -OCH3 is 2. The molecule has 2 aliphatic rings. The first-order valence-electron chi connectivity index (χ1n) is 8.54. The number of allylic oxidation sites excluding steroid dienone is 1. The van der Waals surface area contributed by atoms with E-state index < -0.39 is 23.3 Å². The van der Waals surface area contributed by atoms with Gasteiger partial charge in [0.25, 0.3) is 0 Å². The largest absolute Gasteiger partial charge is 0.466 e. The first kappa shape index (κ1) is 20.9. The van der Waals surface area contributed by atoms with Gasteiger partial charge in [-0.3, -0.25) is 4.79 Å². The molecule has 3 rings (SSSR count). The predicted molar refractivity (Wildman–Crippen MR) is 104 cm³/mol. The highest BCUT2D eigenvalue weighted by molar-refractivity contribution is 9.10. The Morgan fingerprint density at radius 1 is 1.21 bits per heavy atom. The molecule has 1 amide bonds. The van der Waals surface area contributed by atoms with Gasteiger partial charge in [0.2, 0.25) is 11.8 Å². The van der Waals surface area contributed by atoms with E-state index >= 15 is 0 Å². The lowest BCUT2D eigenvalue weighted by atomic mass is 9.67. The SMILES string of the molecule is COCCOC(=O)C1=C(N)OC(C)=C(C(=O)OC)C12C(=O)Nc1ccc(Br)cc12. The van der Waals surface area contributed by atoms with Gasteiger partial charge in [0.1, 0.15) is 28.9 Å². The molecule has 1 atom stereocenters. The molecule has 0 saturated carbocycles. The van der Waals surface area contributed by atoms with Crippen LogP contribution in [0.15, 0.2) is 45.5 Å². The highest BCUT2D eigenvalue weighted by atomic mass is 79.9. The minimum Gasteiger partial charge on any atom is -0.466 e. The monoisotopic (exact) mass is 466 g/mol. The number of carbonyl (C=O) groups excluding carboxylic acids is 3. The van der Waals surface area contributed by atoms with Crippen molar-refractivity contribution in [3.05, 3.63) is 51.0 Å². The second-order valence-corrected chi connectivity index (χ2v) is 7.20. The Hall–Kier alpha value is -2.85. The number of halogens is 1. The first-order valence-corrected chi connectivity index (χ1v) is 9.33. The highest BCUT2D eigenvalue weighted by Crippen LogP contribution is 2.52. The number of nitrogens with one attached hydrogen (secondary N) is 1. The van der Waals surface area contributed by atoms with E-state index in [9.17, 15) is 14.4 Å². The van der Waals surface area contributed by atoms with E-state index in [0.717, 1.165) is 0 Å². The number of ether oxygens (including phenoxy) is 4. The quantitative estimate of drug-likeness (QED) is 0.493. The van der Waals surface area contributed by atoms with Crippen molar-refractivity contribution < 1.29 is 33.3 Å². The van der Waals surface area contributed by atoms with Crippen LogP contribution in [0.25, 0.3) is 0 Å². The van der Waals surface area contributed by atoms with Crippen LogP contribution in [0.1, 0.15) is 12.5 Å².